The number of carboxylic acid groups (broad SMARTS) is 1. The predicted octanol–water partition coefficient (Wildman–Crippen LogP) is 3.08. The number of nitrogens with one attached hydrogen (secondary N) is 1. The highest BCUT2D eigenvalue weighted by Crippen LogP contribution is 2.37. The van der Waals surface area contributed by atoms with Crippen molar-refractivity contribution in [2.45, 2.75) is 6.92 Å². The van der Waals surface area contributed by atoms with Crippen LogP contribution in [-0.2, 0) is 4.79 Å². The van der Waals surface area contributed by atoms with E-state index in [1.54, 1.807) is 13.0 Å². The number of carboxylic acids is 1. The summed E-state index contributed by atoms with van der Waals surface area (Å²) in [6.07, 6.45) is 0. The second-order valence-corrected chi connectivity index (χ2v) is 5.86. The van der Waals surface area contributed by atoms with Gasteiger partial charge in [-0.2, -0.15) is 0 Å². The number of para-hydroxylation sites is 1. The third-order valence-corrected chi connectivity index (χ3v) is 3.87. The number of benzene rings is 2. The van der Waals surface area contributed by atoms with Gasteiger partial charge in [0.2, 0.25) is 5.88 Å². The molecule has 9 heteroatoms. The number of nitrogens with zero attached hydrogens (tertiary/aromatic N) is 1. The summed E-state index contributed by atoms with van der Waals surface area (Å²) in [7, 11) is 0. The molecule has 2 aromatic carbocycles. The number of aromatic nitrogens is 1. The van der Waals surface area contributed by atoms with Crippen LogP contribution in [0.2, 0.25) is 0 Å². The van der Waals surface area contributed by atoms with E-state index in [2.05, 4.69) is 10.3 Å². The molecular weight excluding hydrogens is 383 g/mol. The average Bonchev–Trinajstić information content (AvgIpc) is 2.70. The van der Waals surface area contributed by atoms with Gasteiger partial charge < -0.3 is 25.0 Å². The van der Waals surface area contributed by atoms with E-state index in [1.165, 1.54) is 36.4 Å². The van der Waals surface area contributed by atoms with Crippen LogP contribution in [0.15, 0.2) is 42.5 Å². The first-order chi connectivity index (χ1) is 13.9. The van der Waals surface area contributed by atoms with Crippen molar-refractivity contribution in [2.75, 3.05) is 13.2 Å². The van der Waals surface area contributed by atoms with Crippen LogP contribution in [0.4, 0.5) is 4.39 Å². The number of pyridine rings is 1. The van der Waals surface area contributed by atoms with E-state index in [9.17, 15) is 19.1 Å². The molecule has 0 spiro atoms. The molecule has 1 heterocycles. The lowest BCUT2D eigenvalue weighted by atomic mass is 10.1. The zero-order valence-electron chi connectivity index (χ0n) is 15.3. The number of rotatable bonds is 7. The smallest absolute Gasteiger partial charge is 0.322 e. The monoisotopic (exact) mass is 400 g/mol. The summed E-state index contributed by atoms with van der Waals surface area (Å²) in [5, 5.41) is 21.9. The van der Waals surface area contributed by atoms with E-state index in [-0.39, 0.29) is 35.1 Å². The molecule has 0 unspecified atom stereocenters. The van der Waals surface area contributed by atoms with Crippen LogP contribution in [0.1, 0.15) is 17.4 Å². The van der Waals surface area contributed by atoms with Gasteiger partial charge in [-0.1, -0.05) is 12.1 Å². The van der Waals surface area contributed by atoms with Gasteiger partial charge >= 0.3 is 5.97 Å². The van der Waals surface area contributed by atoms with Crippen molar-refractivity contribution < 1.29 is 33.7 Å². The van der Waals surface area contributed by atoms with E-state index in [1.807, 2.05) is 0 Å². The van der Waals surface area contributed by atoms with Gasteiger partial charge in [0, 0.05) is 5.39 Å². The maximum atomic E-state index is 13.8. The molecule has 8 nitrogen and oxygen atoms in total. The van der Waals surface area contributed by atoms with Crippen LogP contribution < -0.4 is 14.8 Å². The van der Waals surface area contributed by atoms with E-state index in [0.717, 1.165) is 0 Å². The minimum Gasteiger partial charge on any atom is -0.505 e. The van der Waals surface area contributed by atoms with Crippen LogP contribution in [0.5, 0.6) is 23.1 Å². The van der Waals surface area contributed by atoms with Gasteiger partial charge in [-0.3, -0.25) is 9.59 Å². The number of aliphatic carboxylic acids is 1. The van der Waals surface area contributed by atoms with Crippen molar-refractivity contribution in [2.24, 2.45) is 0 Å². The molecule has 0 atom stereocenters. The fourth-order valence-electron chi connectivity index (χ4n) is 2.61. The number of amides is 1. The molecule has 29 heavy (non-hydrogen) atoms. The Morgan fingerprint density at radius 1 is 1.17 bits per heavy atom. The minimum absolute atomic E-state index is 0.0201. The van der Waals surface area contributed by atoms with Gasteiger partial charge in [0.25, 0.3) is 5.91 Å². The Hall–Kier alpha value is -3.88. The first-order valence-electron chi connectivity index (χ1n) is 8.62. The largest absolute Gasteiger partial charge is 0.505 e. The number of hydrogen-bond donors (Lipinski definition) is 3. The lowest BCUT2D eigenvalue weighted by Gasteiger charge is -2.13. The fraction of sp³-hybridized carbons (Fsp3) is 0.150. The summed E-state index contributed by atoms with van der Waals surface area (Å²) in [6, 6.07) is 10.3. The van der Waals surface area contributed by atoms with Gasteiger partial charge in [-0.05, 0) is 37.3 Å². The Bertz CT molecular complexity index is 1090. The highest BCUT2D eigenvalue weighted by Gasteiger charge is 2.21. The highest BCUT2D eigenvalue weighted by atomic mass is 19.1. The lowest BCUT2D eigenvalue weighted by molar-refractivity contribution is -0.135. The molecule has 0 radical (unpaired) electrons. The maximum Gasteiger partial charge on any atom is 0.322 e. The molecule has 0 aliphatic carbocycles. The topological polar surface area (TPSA) is 118 Å². The number of carbonyl (C=O) groups excluding carboxylic acids is 1. The summed E-state index contributed by atoms with van der Waals surface area (Å²) in [4.78, 5) is 26.9. The second kappa shape index (κ2) is 8.42. The zero-order valence-corrected chi connectivity index (χ0v) is 15.3. The van der Waals surface area contributed by atoms with E-state index in [4.69, 9.17) is 14.6 Å². The third kappa shape index (κ3) is 4.34. The Morgan fingerprint density at radius 3 is 2.62 bits per heavy atom. The van der Waals surface area contributed by atoms with Gasteiger partial charge in [-0.25, -0.2) is 9.37 Å². The van der Waals surface area contributed by atoms with Crippen molar-refractivity contribution in [1.82, 2.24) is 10.3 Å². The van der Waals surface area contributed by atoms with Gasteiger partial charge in [-0.15, -0.1) is 0 Å². The lowest BCUT2D eigenvalue weighted by Crippen LogP contribution is -2.30. The molecule has 3 aromatic rings. The van der Waals surface area contributed by atoms with E-state index < -0.39 is 30.0 Å². The van der Waals surface area contributed by atoms with Crippen molar-refractivity contribution in [1.29, 1.82) is 0 Å². The molecule has 3 rings (SSSR count). The predicted molar refractivity (Wildman–Crippen MR) is 101 cm³/mol. The number of fused-ring (bicyclic) bond motifs is 1. The highest BCUT2D eigenvalue weighted by molar-refractivity contribution is 6.04. The van der Waals surface area contributed by atoms with Crippen molar-refractivity contribution in [3.05, 3.63) is 54.0 Å². The van der Waals surface area contributed by atoms with Crippen molar-refractivity contribution >= 4 is 22.6 Å². The maximum absolute atomic E-state index is 13.8. The second-order valence-electron chi connectivity index (χ2n) is 5.86. The molecule has 1 amide bonds. The van der Waals surface area contributed by atoms with E-state index >= 15 is 0 Å². The Labute approximate surface area is 164 Å². The third-order valence-electron chi connectivity index (χ3n) is 3.87. The Balaban J connectivity index is 2.04. The molecule has 150 valence electrons. The first-order valence-corrected chi connectivity index (χ1v) is 8.62. The molecular formula is C20H17FN2O6. The fourth-order valence-corrected chi connectivity index (χ4v) is 2.61. The summed E-state index contributed by atoms with van der Waals surface area (Å²) in [5.74, 6) is -2.75. The normalized spacial score (nSPS) is 10.6. The molecule has 0 saturated carbocycles. The molecule has 3 N–H and O–H groups in total. The molecule has 0 aliphatic heterocycles. The van der Waals surface area contributed by atoms with Crippen molar-refractivity contribution in [3.63, 3.8) is 0 Å². The SMILES string of the molecule is CCOc1nc(C(=O)NCC(=O)O)c(O)c2ccc(Oc3ccccc3F)cc12. The molecule has 0 fully saturated rings. The number of ether oxygens (including phenoxy) is 2. The summed E-state index contributed by atoms with van der Waals surface area (Å²) < 4.78 is 24.9. The van der Waals surface area contributed by atoms with Crippen LogP contribution in [-0.4, -0.2) is 40.2 Å². The minimum atomic E-state index is -1.24. The summed E-state index contributed by atoms with van der Waals surface area (Å²) in [6.45, 7) is 1.31. The number of aromatic hydroxyl groups is 1. The standard InChI is InChI=1S/C20H17FN2O6/c1-2-28-20-13-9-11(29-15-6-4-3-5-14(15)21)7-8-12(13)18(26)17(23-20)19(27)22-10-16(24)25/h3-9,26H,2,10H2,1H3,(H,22,27)(H,24,25). The summed E-state index contributed by atoms with van der Waals surface area (Å²) in [5.41, 5.74) is -0.370. The van der Waals surface area contributed by atoms with Crippen LogP contribution in [0.25, 0.3) is 10.8 Å². The first kappa shape index (κ1) is 19.9. The number of carbonyl (C=O) groups is 2. The van der Waals surface area contributed by atoms with Crippen LogP contribution >= 0.6 is 0 Å². The molecule has 1 aromatic heterocycles. The van der Waals surface area contributed by atoms with Gasteiger partial charge in [0.15, 0.2) is 23.0 Å². The summed E-state index contributed by atoms with van der Waals surface area (Å²) >= 11 is 0. The number of halogens is 1. The number of hydrogen-bond acceptors (Lipinski definition) is 6. The van der Waals surface area contributed by atoms with Gasteiger partial charge in [0.05, 0.1) is 12.0 Å². The van der Waals surface area contributed by atoms with Crippen LogP contribution in [0, 0.1) is 5.82 Å². The Kier molecular flexibility index (Phi) is 5.77. The average molecular weight is 400 g/mol. The Morgan fingerprint density at radius 2 is 1.93 bits per heavy atom. The molecule has 0 aliphatic rings. The molecule has 0 saturated heterocycles. The van der Waals surface area contributed by atoms with E-state index in [0.29, 0.717) is 5.39 Å². The van der Waals surface area contributed by atoms with Crippen molar-refractivity contribution in [3.8, 4) is 23.1 Å². The van der Waals surface area contributed by atoms with Gasteiger partial charge in [0.1, 0.15) is 12.3 Å². The van der Waals surface area contributed by atoms with Crippen LogP contribution in [0.3, 0.4) is 0 Å². The zero-order chi connectivity index (χ0) is 21.0. The quantitative estimate of drug-likeness (QED) is 0.558. The molecule has 0 bridgehead atoms.